The number of benzene rings is 3. The Kier molecular flexibility index (Phi) is 11.7. The summed E-state index contributed by atoms with van der Waals surface area (Å²) < 4.78 is 21.5. The van der Waals surface area contributed by atoms with Gasteiger partial charge >= 0.3 is 0 Å². The zero-order chi connectivity index (χ0) is 36.3. The van der Waals surface area contributed by atoms with Gasteiger partial charge < -0.3 is 33.7 Å². The van der Waals surface area contributed by atoms with Crippen LogP contribution < -0.4 is 14.2 Å². The van der Waals surface area contributed by atoms with E-state index in [1.54, 1.807) is 30.1 Å². The fourth-order valence-electron chi connectivity index (χ4n) is 6.34. The molecule has 15 nitrogen and oxygen atoms in total. The van der Waals surface area contributed by atoms with E-state index in [4.69, 9.17) is 24.1 Å². The number of fused-ring (bicyclic) bond motifs is 5. The van der Waals surface area contributed by atoms with Crippen molar-refractivity contribution in [2.45, 2.75) is 38.3 Å². The summed E-state index contributed by atoms with van der Waals surface area (Å²) in [7, 11) is 1.61. The SMILES string of the molecule is COc1ccc2cc1OCCCN(C(=O)C1Cc3ccccc3O1)CCCCN(C(=O)c1ccc(-n3cnnn3)cc1)CCn1ccnc1-2.O=CO. The predicted octanol–water partition coefficient (Wildman–Crippen LogP) is 3.77. The molecule has 0 radical (unpaired) electrons. The molecule has 0 saturated carbocycles. The number of hydrogen-bond acceptors (Lipinski definition) is 10. The highest BCUT2D eigenvalue weighted by Crippen LogP contribution is 2.33. The van der Waals surface area contributed by atoms with Crippen LogP contribution in [0.3, 0.4) is 0 Å². The summed E-state index contributed by atoms with van der Waals surface area (Å²) in [6, 6.07) is 20.8. The Morgan fingerprint density at radius 1 is 0.923 bits per heavy atom. The van der Waals surface area contributed by atoms with E-state index < -0.39 is 6.10 Å². The fraction of sp³-hybridized carbons (Fsp3) is 0.324. The Morgan fingerprint density at radius 3 is 2.44 bits per heavy atom. The molecule has 1 atom stereocenters. The topological polar surface area (TPSA) is 167 Å². The third-order valence-corrected chi connectivity index (χ3v) is 8.93. The highest BCUT2D eigenvalue weighted by atomic mass is 16.5. The first-order chi connectivity index (χ1) is 25.5. The van der Waals surface area contributed by atoms with Crippen LogP contribution in [0.4, 0.5) is 0 Å². The van der Waals surface area contributed by atoms with Crippen LogP contribution >= 0.6 is 0 Å². The number of amides is 2. The van der Waals surface area contributed by atoms with E-state index in [9.17, 15) is 9.59 Å². The summed E-state index contributed by atoms with van der Waals surface area (Å²) >= 11 is 0. The molecular formula is C37H40N8O7. The van der Waals surface area contributed by atoms with Crippen LogP contribution in [0.2, 0.25) is 0 Å². The molecule has 0 aliphatic carbocycles. The van der Waals surface area contributed by atoms with E-state index in [2.05, 4.69) is 20.5 Å². The number of methoxy groups -OCH3 is 1. The van der Waals surface area contributed by atoms with E-state index >= 15 is 0 Å². The van der Waals surface area contributed by atoms with Gasteiger partial charge in [-0.05, 0) is 83.8 Å². The summed E-state index contributed by atoms with van der Waals surface area (Å²) in [4.78, 5) is 44.5. The maximum atomic E-state index is 13.9. The Labute approximate surface area is 300 Å². The molecular weight excluding hydrogens is 668 g/mol. The second-order valence-electron chi connectivity index (χ2n) is 12.2. The summed E-state index contributed by atoms with van der Waals surface area (Å²) in [5.41, 5.74) is 3.24. The third kappa shape index (κ3) is 8.37. The summed E-state index contributed by atoms with van der Waals surface area (Å²) in [6.07, 6.45) is 7.25. The van der Waals surface area contributed by atoms with Crippen LogP contribution in [0, 0.1) is 0 Å². The minimum Gasteiger partial charge on any atom is -0.493 e. The van der Waals surface area contributed by atoms with Crippen molar-refractivity contribution in [3.63, 3.8) is 0 Å². The molecule has 270 valence electrons. The number of imidazole rings is 1. The molecule has 4 heterocycles. The van der Waals surface area contributed by atoms with Gasteiger partial charge in [0.25, 0.3) is 18.3 Å². The van der Waals surface area contributed by atoms with Gasteiger partial charge in [-0.2, -0.15) is 0 Å². The van der Waals surface area contributed by atoms with E-state index in [1.165, 1.54) is 6.33 Å². The molecule has 5 aromatic rings. The van der Waals surface area contributed by atoms with Gasteiger partial charge in [0, 0.05) is 62.7 Å². The quantitative estimate of drug-likeness (QED) is 0.270. The summed E-state index contributed by atoms with van der Waals surface area (Å²) in [5, 5.41) is 18.2. The standard InChI is InChI=1S/C36H38N8O5.CH2O2/c1-47-31-14-11-28-24-32(31)48-22-6-18-42(36(46)33-23-27-7-2-3-8-30(27)49-33)16-4-5-17-43(21-20-41-19-15-37-34(28)41)35(45)26-9-12-29(13-10-26)44-25-38-39-40-44;2-1-3/h2-3,7-15,19,24-25,33H,4-6,16-18,20-23H2,1H3;1H,(H,2,3). The molecule has 1 unspecified atom stereocenters. The molecule has 2 aromatic heterocycles. The molecule has 2 aliphatic heterocycles. The van der Waals surface area contributed by atoms with E-state index in [0.717, 1.165) is 41.2 Å². The molecule has 0 saturated heterocycles. The molecule has 2 bridgehead atoms. The highest BCUT2D eigenvalue weighted by molar-refractivity contribution is 5.94. The molecule has 2 aliphatic rings. The molecule has 7 rings (SSSR count). The van der Waals surface area contributed by atoms with Crippen molar-refractivity contribution in [2.75, 3.05) is 39.9 Å². The molecule has 0 spiro atoms. The van der Waals surface area contributed by atoms with Crippen LogP contribution in [-0.4, -0.2) is 109 Å². The van der Waals surface area contributed by atoms with Crippen LogP contribution in [0.25, 0.3) is 17.1 Å². The lowest BCUT2D eigenvalue weighted by Gasteiger charge is -2.27. The highest BCUT2D eigenvalue weighted by Gasteiger charge is 2.32. The first kappa shape index (κ1) is 35.6. The fourth-order valence-corrected chi connectivity index (χ4v) is 6.34. The van der Waals surface area contributed by atoms with Crippen LogP contribution in [0.5, 0.6) is 17.2 Å². The number of hydrogen-bond donors (Lipinski definition) is 1. The Bertz CT molecular complexity index is 1920. The van der Waals surface area contributed by atoms with Gasteiger partial charge in [-0.3, -0.25) is 14.4 Å². The van der Waals surface area contributed by atoms with Crippen LogP contribution in [-0.2, 0) is 22.6 Å². The lowest BCUT2D eigenvalue weighted by atomic mass is 10.1. The van der Waals surface area contributed by atoms with E-state index in [-0.39, 0.29) is 18.3 Å². The van der Waals surface area contributed by atoms with Crippen molar-refractivity contribution in [1.29, 1.82) is 0 Å². The zero-order valence-corrected chi connectivity index (χ0v) is 28.8. The van der Waals surface area contributed by atoms with Gasteiger partial charge in [-0.15, -0.1) is 5.10 Å². The summed E-state index contributed by atoms with van der Waals surface area (Å²) in [6.45, 7) is 2.74. The summed E-state index contributed by atoms with van der Waals surface area (Å²) in [5.74, 6) is 2.65. The molecule has 2 amide bonds. The average Bonchev–Trinajstić information content (AvgIpc) is 3.97. The van der Waals surface area contributed by atoms with Crippen molar-refractivity contribution in [3.05, 3.63) is 96.6 Å². The molecule has 0 fully saturated rings. The van der Waals surface area contributed by atoms with Gasteiger partial charge in [0.05, 0.1) is 19.4 Å². The number of nitrogens with zero attached hydrogens (tertiary/aromatic N) is 8. The van der Waals surface area contributed by atoms with Crippen molar-refractivity contribution >= 4 is 18.3 Å². The van der Waals surface area contributed by atoms with Gasteiger partial charge in [-0.25, -0.2) is 9.67 Å². The molecule has 52 heavy (non-hydrogen) atoms. The van der Waals surface area contributed by atoms with Gasteiger partial charge in [0.2, 0.25) is 0 Å². The maximum absolute atomic E-state index is 13.9. The first-order valence-electron chi connectivity index (χ1n) is 17.0. The van der Waals surface area contributed by atoms with Crippen LogP contribution in [0.1, 0.15) is 35.2 Å². The van der Waals surface area contributed by atoms with Gasteiger partial charge in [0.1, 0.15) is 17.9 Å². The predicted molar refractivity (Wildman–Crippen MR) is 188 cm³/mol. The monoisotopic (exact) mass is 708 g/mol. The Hall–Kier alpha value is -6.25. The number of carbonyl (C=O) groups excluding carboxylic acids is 2. The Balaban J connectivity index is 0.00000150. The third-order valence-electron chi connectivity index (χ3n) is 8.93. The Morgan fingerprint density at radius 2 is 1.69 bits per heavy atom. The minimum atomic E-state index is -0.555. The van der Waals surface area contributed by atoms with Gasteiger partial charge in [0.15, 0.2) is 17.6 Å². The largest absolute Gasteiger partial charge is 0.493 e. The zero-order valence-electron chi connectivity index (χ0n) is 28.8. The number of ether oxygens (including phenoxy) is 3. The second-order valence-corrected chi connectivity index (χ2v) is 12.2. The lowest BCUT2D eigenvalue weighted by Crippen LogP contribution is -2.43. The molecule has 3 aromatic carbocycles. The number of carboxylic acid groups (broad SMARTS) is 1. The number of carbonyl (C=O) groups is 3. The molecule has 1 N–H and O–H groups in total. The van der Waals surface area contributed by atoms with Crippen molar-refractivity contribution in [1.82, 2.24) is 39.6 Å². The number of tetrazole rings is 1. The smallest absolute Gasteiger partial charge is 0.290 e. The first-order valence-corrected chi connectivity index (χ1v) is 17.0. The van der Waals surface area contributed by atoms with Crippen molar-refractivity contribution in [3.8, 4) is 34.3 Å². The van der Waals surface area contributed by atoms with Crippen molar-refractivity contribution < 1.29 is 33.7 Å². The molecule has 15 heteroatoms. The van der Waals surface area contributed by atoms with Crippen LogP contribution in [0.15, 0.2) is 85.5 Å². The number of para-hydroxylation sites is 1. The average molecular weight is 709 g/mol. The minimum absolute atomic E-state index is 0.0327. The van der Waals surface area contributed by atoms with E-state index in [1.807, 2.05) is 75.2 Å². The number of rotatable bonds is 4. The van der Waals surface area contributed by atoms with E-state index in [0.29, 0.717) is 69.2 Å². The maximum Gasteiger partial charge on any atom is 0.290 e. The lowest BCUT2D eigenvalue weighted by molar-refractivity contribution is -0.138. The number of aromatic nitrogens is 6. The second kappa shape index (κ2) is 17.1. The normalized spacial score (nSPS) is 16.1. The van der Waals surface area contributed by atoms with Crippen molar-refractivity contribution in [2.24, 2.45) is 0 Å². The van der Waals surface area contributed by atoms with Gasteiger partial charge in [-0.1, -0.05) is 18.2 Å².